The Balaban J connectivity index is 0.00000420. The second-order valence-electron chi connectivity index (χ2n) is 10.4. The average molecular weight is 547 g/mol. The second kappa shape index (κ2) is 14.1. The minimum atomic E-state index is -0.668. The summed E-state index contributed by atoms with van der Waals surface area (Å²) in [5.41, 5.74) is 4.12. The second-order valence-corrected chi connectivity index (χ2v) is 10.4. The van der Waals surface area contributed by atoms with E-state index in [-0.39, 0.29) is 36.9 Å². The topological polar surface area (TPSA) is 67.8 Å². The van der Waals surface area contributed by atoms with Crippen LogP contribution in [-0.4, -0.2) is 43.0 Å². The standard InChI is InChI=1S/C33H37NO4.ClH/c1-33(2,21-25-13-14-26-11-7-8-12-27(26)18-25)34-22-30(35)23-38-31-16-15-28(20-32(36)37-3)29(19-31)17-24-9-5-4-6-10-24;/h4-16,18-19,30,34-35H,17,20-23H2,1-3H3;1H/p-1. The lowest BCUT2D eigenvalue weighted by atomic mass is 9.93. The molecule has 0 heterocycles. The molecule has 6 heteroatoms. The van der Waals surface area contributed by atoms with Crippen molar-refractivity contribution in [1.29, 1.82) is 0 Å². The van der Waals surface area contributed by atoms with Crippen molar-refractivity contribution in [3.63, 3.8) is 0 Å². The van der Waals surface area contributed by atoms with E-state index in [0.717, 1.165) is 23.1 Å². The first kappa shape index (κ1) is 30.2. The zero-order valence-electron chi connectivity index (χ0n) is 22.8. The lowest BCUT2D eigenvalue weighted by Gasteiger charge is -2.28. The Morgan fingerprint density at radius 1 is 0.872 bits per heavy atom. The van der Waals surface area contributed by atoms with E-state index in [0.29, 0.717) is 18.7 Å². The summed E-state index contributed by atoms with van der Waals surface area (Å²) in [6.45, 7) is 4.87. The summed E-state index contributed by atoms with van der Waals surface area (Å²) >= 11 is 0. The van der Waals surface area contributed by atoms with Crippen LogP contribution in [0.5, 0.6) is 5.75 Å². The molecular weight excluding hydrogens is 510 g/mol. The number of nitrogens with one attached hydrogen (secondary N) is 1. The number of aliphatic hydroxyl groups excluding tert-OH is 1. The smallest absolute Gasteiger partial charge is 0.309 e. The fourth-order valence-corrected chi connectivity index (χ4v) is 4.64. The molecule has 1 unspecified atom stereocenters. The Morgan fingerprint density at radius 2 is 1.59 bits per heavy atom. The van der Waals surface area contributed by atoms with Gasteiger partial charge in [-0.25, -0.2) is 0 Å². The highest BCUT2D eigenvalue weighted by molar-refractivity contribution is 5.83. The minimum absolute atomic E-state index is 0. The van der Waals surface area contributed by atoms with Crippen LogP contribution in [0.25, 0.3) is 10.8 Å². The molecule has 1 atom stereocenters. The van der Waals surface area contributed by atoms with E-state index in [9.17, 15) is 9.90 Å². The quantitative estimate of drug-likeness (QED) is 0.267. The Morgan fingerprint density at radius 3 is 2.33 bits per heavy atom. The zero-order valence-corrected chi connectivity index (χ0v) is 23.6. The molecule has 0 aromatic heterocycles. The fraction of sp³-hybridized carbons (Fsp3) is 0.303. The number of fused-ring (bicyclic) bond motifs is 1. The molecular formula is C33H37ClNO4-. The van der Waals surface area contributed by atoms with Crippen molar-refractivity contribution in [3.8, 4) is 5.75 Å². The van der Waals surface area contributed by atoms with Gasteiger partial charge in [0.1, 0.15) is 18.5 Å². The van der Waals surface area contributed by atoms with E-state index in [4.69, 9.17) is 9.47 Å². The van der Waals surface area contributed by atoms with Gasteiger partial charge in [-0.15, -0.1) is 0 Å². The van der Waals surface area contributed by atoms with Gasteiger partial charge >= 0.3 is 5.97 Å². The van der Waals surface area contributed by atoms with Crippen molar-refractivity contribution < 1.29 is 31.8 Å². The van der Waals surface area contributed by atoms with Gasteiger partial charge in [-0.3, -0.25) is 4.79 Å². The molecule has 0 amide bonds. The average Bonchev–Trinajstić information content (AvgIpc) is 2.92. The number of ether oxygens (including phenoxy) is 2. The van der Waals surface area contributed by atoms with Crippen LogP contribution in [0.2, 0.25) is 0 Å². The number of carbonyl (C=O) groups is 1. The van der Waals surface area contributed by atoms with E-state index in [1.807, 2.05) is 36.4 Å². The van der Waals surface area contributed by atoms with Crippen molar-refractivity contribution in [2.24, 2.45) is 0 Å². The lowest BCUT2D eigenvalue weighted by Crippen LogP contribution is -3.00. The summed E-state index contributed by atoms with van der Waals surface area (Å²) in [4.78, 5) is 11.9. The summed E-state index contributed by atoms with van der Waals surface area (Å²) < 4.78 is 10.8. The first-order valence-electron chi connectivity index (χ1n) is 13.1. The normalized spacial score (nSPS) is 12.0. The fourth-order valence-electron chi connectivity index (χ4n) is 4.64. The van der Waals surface area contributed by atoms with Gasteiger partial charge in [0.05, 0.1) is 13.5 Å². The van der Waals surface area contributed by atoms with Crippen LogP contribution in [-0.2, 0) is 28.8 Å². The van der Waals surface area contributed by atoms with Crippen molar-refractivity contribution in [2.45, 2.75) is 44.8 Å². The first-order chi connectivity index (χ1) is 18.3. The Bertz CT molecular complexity index is 1360. The molecule has 2 N–H and O–H groups in total. The zero-order chi connectivity index (χ0) is 27.0. The number of hydrogen-bond acceptors (Lipinski definition) is 5. The van der Waals surface area contributed by atoms with Crippen LogP contribution in [0.1, 0.15) is 36.1 Å². The first-order valence-corrected chi connectivity index (χ1v) is 13.1. The highest BCUT2D eigenvalue weighted by Gasteiger charge is 2.20. The third-order valence-corrected chi connectivity index (χ3v) is 6.70. The Labute approximate surface area is 237 Å². The maximum atomic E-state index is 11.9. The SMILES string of the molecule is COC(=O)Cc1ccc(OCC(O)CNC(C)(C)Cc2ccc3ccccc3c2)cc1Cc1ccccc1.[Cl-]. The third-order valence-electron chi connectivity index (χ3n) is 6.70. The van der Waals surface area contributed by atoms with Crippen LogP contribution in [0, 0.1) is 0 Å². The number of hydrogen-bond donors (Lipinski definition) is 2. The van der Waals surface area contributed by atoms with Gasteiger partial charge in [0.15, 0.2) is 0 Å². The molecule has 4 rings (SSSR count). The number of rotatable bonds is 12. The molecule has 0 saturated heterocycles. The molecule has 5 nitrogen and oxygen atoms in total. The monoisotopic (exact) mass is 546 g/mol. The van der Waals surface area contributed by atoms with Gasteiger partial charge in [-0.1, -0.05) is 78.9 Å². The molecule has 39 heavy (non-hydrogen) atoms. The summed E-state index contributed by atoms with van der Waals surface area (Å²) in [6.07, 6.45) is 1.06. The molecule has 0 fully saturated rings. The van der Waals surface area contributed by atoms with Gasteiger partial charge in [0, 0.05) is 12.1 Å². The number of aliphatic hydroxyl groups is 1. The minimum Gasteiger partial charge on any atom is -1.00 e. The van der Waals surface area contributed by atoms with Crippen LogP contribution in [0.15, 0.2) is 91.0 Å². The number of halogens is 1. The van der Waals surface area contributed by atoms with E-state index >= 15 is 0 Å². The predicted molar refractivity (Wildman–Crippen MR) is 153 cm³/mol. The molecule has 0 aliphatic carbocycles. The molecule has 4 aromatic rings. The van der Waals surface area contributed by atoms with Gasteiger partial charge in [-0.05, 0) is 71.8 Å². The lowest BCUT2D eigenvalue weighted by molar-refractivity contribution is -0.139. The molecule has 0 spiro atoms. The summed E-state index contributed by atoms with van der Waals surface area (Å²) in [6, 6.07) is 30.7. The molecule has 0 aliphatic rings. The maximum Gasteiger partial charge on any atom is 0.309 e. The van der Waals surface area contributed by atoms with Gasteiger partial charge < -0.3 is 32.3 Å². The predicted octanol–water partition coefficient (Wildman–Crippen LogP) is 2.50. The van der Waals surface area contributed by atoms with Crippen molar-refractivity contribution in [1.82, 2.24) is 5.32 Å². The Hall–Kier alpha value is -3.38. The van der Waals surface area contributed by atoms with Crippen molar-refractivity contribution >= 4 is 16.7 Å². The highest BCUT2D eigenvalue weighted by atomic mass is 35.5. The van der Waals surface area contributed by atoms with Gasteiger partial charge in [0.2, 0.25) is 0 Å². The maximum absolute atomic E-state index is 11.9. The van der Waals surface area contributed by atoms with E-state index in [1.54, 1.807) is 0 Å². The van der Waals surface area contributed by atoms with Crippen molar-refractivity contribution in [2.75, 3.05) is 20.3 Å². The number of esters is 1. The Kier molecular flexibility index (Phi) is 10.9. The van der Waals surface area contributed by atoms with Crippen LogP contribution < -0.4 is 22.5 Å². The van der Waals surface area contributed by atoms with Gasteiger partial charge in [0.25, 0.3) is 0 Å². The summed E-state index contributed by atoms with van der Waals surface area (Å²) in [5.74, 6) is 0.389. The number of carbonyl (C=O) groups excluding carboxylic acids is 1. The third kappa shape index (κ3) is 9.10. The summed E-state index contributed by atoms with van der Waals surface area (Å²) in [5, 5.41) is 16.6. The van der Waals surface area contributed by atoms with Gasteiger partial charge in [-0.2, -0.15) is 0 Å². The molecule has 4 aromatic carbocycles. The summed E-state index contributed by atoms with van der Waals surface area (Å²) in [7, 11) is 1.40. The molecule has 0 aliphatic heterocycles. The van der Waals surface area contributed by atoms with E-state index < -0.39 is 6.10 Å². The van der Waals surface area contributed by atoms with Crippen LogP contribution in [0.4, 0.5) is 0 Å². The number of methoxy groups -OCH3 is 1. The molecule has 0 saturated carbocycles. The van der Waals surface area contributed by atoms with Crippen molar-refractivity contribution in [3.05, 3.63) is 113 Å². The molecule has 0 bridgehead atoms. The number of benzene rings is 4. The highest BCUT2D eigenvalue weighted by Crippen LogP contribution is 2.23. The van der Waals surface area contributed by atoms with Crippen LogP contribution in [0.3, 0.4) is 0 Å². The van der Waals surface area contributed by atoms with Crippen LogP contribution >= 0.6 is 0 Å². The van der Waals surface area contributed by atoms with E-state index in [2.05, 4.69) is 73.8 Å². The molecule has 0 radical (unpaired) electrons. The number of β-amino-alcohol motifs (C(OH)–C–C–N with tert-alkyl or cyclic N) is 1. The largest absolute Gasteiger partial charge is 1.00 e. The van der Waals surface area contributed by atoms with E-state index in [1.165, 1.54) is 23.4 Å². The molecule has 206 valence electrons.